The maximum Gasteiger partial charge on any atom is 0.489 e. The van der Waals surface area contributed by atoms with Crippen molar-refractivity contribution in [1.82, 2.24) is 14.7 Å². The van der Waals surface area contributed by atoms with Crippen LogP contribution in [0.2, 0.25) is 0 Å². The molecule has 2 amide bonds. The predicted octanol–water partition coefficient (Wildman–Crippen LogP) is -1.82. The summed E-state index contributed by atoms with van der Waals surface area (Å²) in [5, 5.41) is 18.6. The van der Waals surface area contributed by atoms with Crippen LogP contribution >= 0.6 is 0 Å². The molecule has 2 aliphatic rings. The number of benzene rings is 1. The number of morpholine rings is 1. The lowest BCUT2D eigenvalue weighted by molar-refractivity contribution is -0.141. The highest BCUT2D eigenvalue weighted by molar-refractivity contribution is 6.60. The second-order valence-corrected chi connectivity index (χ2v) is 7.28. The number of nitrogens with zero attached hydrogens (tertiary/aromatic N) is 3. The summed E-state index contributed by atoms with van der Waals surface area (Å²) in [4.78, 5) is 42.2. The van der Waals surface area contributed by atoms with Crippen LogP contribution < -0.4 is 5.46 Å². The van der Waals surface area contributed by atoms with E-state index in [0.29, 0.717) is 64.3 Å². The quantitative estimate of drug-likeness (QED) is 0.440. The molecule has 2 saturated heterocycles. The standard InChI is InChI=1S/C19H26BN3O6/c1-14(18(25)23-8-10-29-11-9-23)21-4-6-22(7-5-21)19(26)15-2-3-17(20(27)28)16(12-15)13-24/h2-3,12-14,27-28H,4-11H2,1H3. The summed E-state index contributed by atoms with van der Waals surface area (Å²) in [6, 6.07) is 3.99. The molecule has 0 radical (unpaired) electrons. The highest BCUT2D eigenvalue weighted by atomic mass is 16.5. The molecule has 0 spiro atoms. The minimum Gasteiger partial charge on any atom is -0.423 e. The van der Waals surface area contributed by atoms with Crippen LogP contribution in [0.1, 0.15) is 27.6 Å². The van der Waals surface area contributed by atoms with Gasteiger partial charge in [-0.1, -0.05) is 6.07 Å². The lowest BCUT2D eigenvalue weighted by Gasteiger charge is -2.39. The lowest BCUT2D eigenvalue weighted by Crippen LogP contribution is -2.56. The van der Waals surface area contributed by atoms with Crippen molar-refractivity contribution >= 4 is 30.7 Å². The number of piperazine rings is 1. The first-order valence-corrected chi connectivity index (χ1v) is 9.77. The van der Waals surface area contributed by atoms with Crippen LogP contribution in [0.5, 0.6) is 0 Å². The van der Waals surface area contributed by atoms with Gasteiger partial charge in [0.2, 0.25) is 5.91 Å². The van der Waals surface area contributed by atoms with E-state index in [-0.39, 0.29) is 28.9 Å². The van der Waals surface area contributed by atoms with Crippen molar-refractivity contribution in [2.75, 3.05) is 52.5 Å². The second kappa shape index (κ2) is 9.49. The van der Waals surface area contributed by atoms with Gasteiger partial charge in [-0.15, -0.1) is 0 Å². The molecule has 1 aromatic rings. The SMILES string of the molecule is CC(C(=O)N1CCOCC1)N1CCN(C(=O)c2ccc(B(O)O)c(C=O)c2)CC1. The molecule has 156 valence electrons. The first-order valence-electron chi connectivity index (χ1n) is 9.77. The van der Waals surface area contributed by atoms with Gasteiger partial charge in [0, 0.05) is 50.4 Å². The van der Waals surface area contributed by atoms with Crippen molar-refractivity contribution < 1.29 is 29.2 Å². The average molecular weight is 403 g/mol. The number of aldehydes is 1. The smallest absolute Gasteiger partial charge is 0.423 e. The van der Waals surface area contributed by atoms with Gasteiger partial charge in [-0.3, -0.25) is 19.3 Å². The van der Waals surface area contributed by atoms with Gasteiger partial charge in [0.1, 0.15) is 6.29 Å². The van der Waals surface area contributed by atoms with E-state index in [2.05, 4.69) is 4.90 Å². The second-order valence-electron chi connectivity index (χ2n) is 7.28. The van der Waals surface area contributed by atoms with Crippen LogP contribution in [-0.2, 0) is 9.53 Å². The number of rotatable bonds is 5. The van der Waals surface area contributed by atoms with E-state index in [0.717, 1.165) is 0 Å². The van der Waals surface area contributed by atoms with E-state index in [4.69, 9.17) is 4.74 Å². The molecule has 0 aromatic heterocycles. The summed E-state index contributed by atoms with van der Waals surface area (Å²) < 4.78 is 5.29. The largest absolute Gasteiger partial charge is 0.489 e. The summed E-state index contributed by atoms with van der Waals surface area (Å²) >= 11 is 0. The zero-order valence-electron chi connectivity index (χ0n) is 16.5. The maximum atomic E-state index is 12.8. The van der Waals surface area contributed by atoms with Crippen LogP contribution in [0.15, 0.2) is 18.2 Å². The van der Waals surface area contributed by atoms with Crippen LogP contribution in [-0.4, -0.2) is 108 Å². The van der Waals surface area contributed by atoms with Gasteiger partial charge in [-0.2, -0.15) is 0 Å². The van der Waals surface area contributed by atoms with E-state index in [1.807, 2.05) is 11.8 Å². The number of hydrogen-bond acceptors (Lipinski definition) is 7. The molecule has 9 nitrogen and oxygen atoms in total. The molecule has 2 heterocycles. The average Bonchev–Trinajstić information content (AvgIpc) is 2.77. The Bertz CT molecular complexity index is 760. The number of ether oxygens (including phenoxy) is 1. The Morgan fingerprint density at radius 2 is 1.72 bits per heavy atom. The molecule has 10 heteroatoms. The van der Waals surface area contributed by atoms with Crippen molar-refractivity contribution in [1.29, 1.82) is 0 Å². The van der Waals surface area contributed by atoms with Gasteiger partial charge in [-0.25, -0.2) is 0 Å². The Labute approximate surface area is 170 Å². The van der Waals surface area contributed by atoms with Crippen LogP contribution in [0.3, 0.4) is 0 Å². The van der Waals surface area contributed by atoms with Gasteiger partial charge in [-0.05, 0) is 24.5 Å². The highest BCUT2D eigenvalue weighted by Crippen LogP contribution is 2.13. The van der Waals surface area contributed by atoms with Crippen molar-refractivity contribution in [2.45, 2.75) is 13.0 Å². The van der Waals surface area contributed by atoms with Crippen molar-refractivity contribution in [2.24, 2.45) is 0 Å². The molecule has 0 aliphatic carbocycles. The fraction of sp³-hybridized carbons (Fsp3) is 0.526. The zero-order chi connectivity index (χ0) is 21.0. The zero-order valence-corrected chi connectivity index (χ0v) is 16.5. The lowest BCUT2D eigenvalue weighted by atomic mass is 9.77. The first-order chi connectivity index (χ1) is 13.9. The summed E-state index contributed by atoms with van der Waals surface area (Å²) in [7, 11) is -1.77. The van der Waals surface area contributed by atoms with E-state index < -0.39 is 7.12 Å². The third kappa shape index (κ3) is 4.84. The maximum absolute atomic E-state index is 12.8. The Balaban J connectivity index is 1.59. The topological polar surface area (TPSA) is 111 Å². The normalized spacial score (nSPS) is 19.0. The Kier molecular flexibility index (Phi) is 7.02. The first kappa shape index (κ1) is 21.4. The number of carbonyl (C=O) groups is 3. The van der Waals surface area contributed by atoms with Gasteiger partial charge < -0.3 is 24.6 Å². The van der Waals surface area contributed by atoms with Crippen LogP contribution in [0.4, 0.5) is 0 Å². The molecule has 1 atom stereocenters. The molecule has 2 N–H and O–H groups in total. The number of carbonyl (C=O) groups excluding carboxylic acids is 3. The molecule has 1 aromatic carbocycles. The van der Waals surface area contributed by atoms with Gasteiger partial charge in [0.05, 0.1) is 19.3 Å². The van der Waals surface area contributed by atoms with E-state index in [1.54, 1.807) is 4.90 Å². The van der Waals surface area contributed by atoms with Crippen LogP contribution in [0.25, 0.3) is 0 Å². The Morgan fingerprint density at radius 3 is 2.31 bits per heavy atom. The molecule has 2 aliphatic heterocycles. The molecule has 0 saturated carbocycles. The monoisotopic (exact) mass is 403 g/mol. The number of amides is 2. The van der Waals surface area contributed by atoms with Gasteiger partial charge in [0.15, 0.2) is 0 Å². The van der Waals surface area contributed by atoms with E-state index >= 15 is 0 Å². The number of hydrogen-bond donors (Lipinski definition) is 2. The third-order valence-electron chi connectivity index (χ3n) is 5.57. The van der Waals surface area contributed by atoms with Gasteiger partial charge in [0.25, 0.3) is 5.91 Å². The fourth-order valence-electron chi connectivity index (χ4n) is 3.74. The van der Waals surface area contributed by atoms with E-state index in [9.17, 15) is 24.4 Å². The Hall–Kier alpha value is -2.27. The van der Waals surface area contributed by atoms with Gasteiger partial charge >= 0.3 is 7.12 Å². The minimum atomic E-state index is -1.77. The molecule has 29 heavy (non-hydrogen) atoms. The Morgan fingerprint density at radius 1 is 1.07 bits per heavy atom. The molecule has 0 bridgehead atoms. The highest BCUT2D eigenvalue weighted by Gasteiger charge is 2.31. The fourth-order valence-corrected chi connectivity index (χ4v) is 3.74. The molecular weight excluding hydrogens is 377 g/mol. The van der Waals surface area contributed by atoms with E-state index in [1.165, 1.54) is 18.2 Å². The summed E-state index contributed by atoms with van der Waals surface area (Å²) in [5.41, 5.74) is 0.466. The molecule has 2 fully saturated rings. The molecular formula is C19H26BN3O6. The third-order valence-corrected chi connectivity index (χ3v) is 5.57. The van der Waals surface area contributed by atoms with Crippen molar-refractivity contribution in [3.63, 3.8) is 0 Å². The summed E-state index contributed by atoms with van der Waals surface area (Å²) in [5.74, 6) is -0.138. The summed E-state index contributed by atoms with van der Waals surface area (Å²) in [6.45, 7) is 6.35. The molecule has 1 unspecified atom stereocenters. The van der Waals surface area contributed by atoms with Crippen molar-refractivity contribution in [3.8, 4) is 0 Å². The minimum absolute atomic E-state index is 0.0665. The predicted molar refractivity (Wildman–Crippen MR) is 106 cm³/mol. The van der Waals surface area contributed by atoms with Crippen molar-refractivity contribution in [3.05, 3.63) is 29.3 Å². The molecule has 3 rings (SSSR count). The summed E-state index contributed by atoms with van der Waals surface area (Å²) in [6.07, 6.45) is 0.502. The van der Waals surface area contributed by atoms with Crippen LogP contribution in [0, 0.1) is 0 Å².